The Morgan fingerprint density at radius 1 is 1.39 bits per heavy atom. The quantitative estimate of drug-likeness (QED) is 0.658. The van der Waals surface area contributed by atoms with Gasteiger partial charge in [0, 0.05) is 51.0 Å². The molecule has 0 aromatic carbocycles. The fourth-order valence-corrected chi connectivity index (χ4v) is 4.56. The number of aromatic nitrogens is 1. The van der Waals surface area contributed by atoms with Crippen molar-refractivity contribution in [3.05, 3.63) is 30.1 Å². The van der Waals surface area contributed by atoms with Crippen LogP contribution in [-0.2, 0) is 11.3 Å². The molecule has 158 valence electrons. The van der Waals surface area contributed by atoms with Gasteiger partial charge < -0.3 is 10.6 Å². The van der Waals surface area contributed by atoms with Crippen molar-refractivity contribution in [1.29, 1.82) is 0 Å². The molecule has 1 amide bonds. The van der Waals surface area contributed by atoms with E-state index in [1.807, 2.05) is 18.5 Å². The van der Waals surface area contributed by atoms with E-state index in [4.69, 9.17) is 0 Å². The van der Waals surface area contributed by atoms with Crippen LogP contribution < -0.4 is 10.6 Å². The van der Waals surface area contributed by atoms with Crippen LogP contribution in [0.15, 0.2) is 24.5 Å². The Morgan fingerprint density at radius 2 is 2.25 bits per heavy atom. The summed E-state index contributed by atoms with van der Waals surface area (Å²) in [6.45, 7) is 9.65. The lowest BCUT2D eigenvalue weighted by Gasteiger charge is -2.46. The number of hydrogen-bond acceptors (Lipinski definition) is 4. The molecule has 1 aromatic heterocycles. The molecule has 0 spiro atoms. The summed E-state index contributed by atoms with van der Waals surface area (Å²) in [5, 5.41) is 6.82. The molecule has 2 aliphatic rings. The molecular formula is C22H37ClN4O. The average molecular weight is 409 g/mol. The molecule has 0 radical (unpaired) electrons. The summed E-state index contributed by atoms with van der Waals surface area (Å²) in [7, 11) is 0. The van der Waals surface area contributed by atoms with Crippen molar-refractivity contribution in [3.63, 3.8) is 0 Å². The molecule has 28 heavy (non-hydrogen) atoms. The number of amides is 1. The maximum Gasteiger partial charge on any atom is 0.219 e. The highest BCUT2D eigenvalue weighted by Gasteiger charge is 2.36. The second-order valence-electron chi connectivity index (χ2n) is 8.86. The van der Waals surface area contributed by atoms with Gasteiger partial charge in [0.2, 0.25) is 5.91 Å². The molecule has 2 aliphatic heterocycles. The summed E-state index contributed by atoms with van der Waals surface area (Å²) in [5.74, 6) is 2.32. The van der Waals surface area contributed by atoms with Crippen LogP contribution in [0.5, 0.6) is 0 Å². The summed E-state index contributed by atoms with van der Waals surface area (Å²) in [6, 6.07) is 4.75. The number of piperidine rings is 2. The standard InChI is InChI=1S/C22H36N4O.ClH/c1-17(2)8-10-24-22(27)7-3-6-21-20-11-19(13-25-21)15-26(16-20)14-18-5-4-9-23-12-18;/h4-5,9,12,17,19-21,25H,3,6-8,10-11,13-16H2,1-2H3,(H,24,27);1H/t19-,20+,21+;/m0./s1. The molecule has 2 saturated heterocycles. The second-order valence-corrected chi connectivity index (χ2v) is 8.86. The van der Waals surface area contributed by atoms with E-state index in [-0.39, 0.29) is 18.3 Å². The van der Waals surface area contributed by atoms with Gasteiger partial charge in [-0.05, 0) is 61.6 Å². The minimum absolute atomic E-state index is 0. The zero-order valence-electron chi connectivity index (χ0n) is 17.4. The number of fused-ring (bicyclic) bond motifs is 2. The first kappa shape index (κ1) is 23.1. The first-order valence-electron chi connectivity index (χ1n) is 10.7. The fourth-order valence-electron chi connectivity index (χ4n) is 4.56. The zero-order chi connectivity index (χ0) is 19.1. The number of nitrogens with one attached hydrogen (secondary N) is 2. The van der Waals surface area contributed by atoms with E-state index in [2.05, 4.69) is 40.4 Å². The highest BCUT2D eigenvalue weighted by Crippen LogP contribution is 2.31. The van der Waals surface area contributed by atoms with Crippen LogP contribution >= 0.6 is 12.4 Å². The number of likely N-dealkylation sites (tertiary alicyclic amines) is 1. The lowest BCUT2D eigenvalue weighted by molar-refractivity contribution is -0.121. The SMILES string of the molecule is CC(C)CCNC(=O)CCC[C@H]1NC[C@@H]2C[C@@H]1CN(Cc1cccnc1)C2.Cl. The molecule has 6 heteroatoms. The van der Waals surface area contributed by atoms with Gasteiger partial charge in [0.1, 0.15) is 0 Å². The van der Waals surface area contributed by atoms with Gasteiger partial charge in [-0.2, -0.15) is 0 Å². The van der Waals surface area contributed by atoms with Crippen LogP contribution in [0.3, 0.4) is 0 Å². The van der Waals surface area contributed by atoms with Crippen LogP contribution in [-0.4, -0.2) is 48.0 Å². The predicted molar refractivity (Wildman–Crippen MR) is 116 cm³/mol. The maximum atomic E-state index is 12.0. The van der Waals surface area contributed by atoms with E-state index < -0.39 is 0 Å². The third-order valence-corrected chi connectivity index (χ3v) is 5.97. The highest BCUT2D eigenvalue weighted by atomic mass is 35.5. The van der Waals surface area contributed by atoms with Crippen LogP contribution in [0.25, 0.3) is 0 Å². The summed E-state index contributed by atoms with van der Waals surface area (Å²) >= 11 is 0. The summed E-state index contributed by atoms with van der Waals surface area (Å²) < 4.78 is 0. The Morgan fingerprint density at radius 3 is 3.00 bits per heavy atom. The Balaban J connectivity index is 0.00000280. The maximum absolute atomic E-state index is 12.0. The molecule has 3 atom stereocenters. The van der Waals surface area contributed by atoms with Gasteiger partial charge in [-0.3, -0.25) is 14.7 Å². The van der Waals surface area contributed by atoms with E-state index in [9.17, 15) is 4.79 Å². The highest BCUT2D eigenvalue weighted by molar-refractivity contribution is 5.85. The Hall–Kier alpha value is -1.17. The number of carbonyl (C=O) groups is 1. The van der Waals surface area contributed by atoms with Gasteiger partial charge in [-0.1, -0.05) is 19.9 Å². The third-order valence-electron chi connectivity index (χ3n) is 5.97. The van der Waals surface area contributed by atoms with Gasteiger partial charge in [-0.25, -0.2) is 0 Å². The van der Waals surface area contributed by atoms with Crippen molar-refractivity contribution in [1.82, 2.24) is 20.5 Å². The summed E-state index contributed by atoms with van der Waals surface area (Å²) in [4.78, 5) is 18.8. The van der Waals surface area contributed by atoms with E-state index in [1.165, 1.54) is 18.5 Å². The Bertz CT molecular complexity index is 583. The molecule has 1 aromatic rings. The normalized spacial score (nSPS) is 24.6. The van der Waals surface area contributed by atoms with Gasteiger partial charge in [-0.15, -0.1) is 12.4 Å². The number of carbonyl (C=O) groups excluding carboxylic acids is 1. The van der Waals surface area contributed by atoms with Crippen LogP contribution in [0.4, 0.5) is 0 Å². The Labute approximate surface area is 176 Å². The molecule has 2 N–H and O–H groups in total. The first-order chi connectivity index (χ1) is 13.1. The molecule has 2 bridgehead atoms. The lowest BCUT2D eigenvalue weighted by atomic mass is 9.79. The van der Waals surface area contributed by atoms with E-state index in [0.717, 1.165) is 51.4 Å². The lowest BCUT2D eigenvalue weighted by Crippen LogP contribution is -2.55. The number of nitrogens with zero attached hydrogens (tertiary/aromatic N) is 2. The van der Waals surface area contributed by atoms with Crippen molar-refractivity contribution in [2.45, 2.75) is 58.5 Å². The largest absolute Gasteiger partial charge is 0.356 e. The van der Waals surface area contributed by atoms with E-state index in [1.54, 1.807) is 0 Å². The number of hydrogen-bond donors (Lipinski definition) is 2. The van der Waals surface area contributed by atoms with Crippen molar-refractivity contribution in [3.8, 4) is 0 Å². The van der Waals surface area contributed by atoms with Crippen LogP contribution in [0.2, 0.25) is 0 Å². The summed E-state index contributed by atoms with van der Waals surface area (Å²) in [5.41, 5.74) is 1.31. The van der Waals surface area contributed by atoms with E-state index >= 15 is 0 Å². The van der Waals surface area contributed by atoms with Crippen LogP contribution in [0, 0.1) is 17.8 Å². The molecule has 0 aliphatic carbocycles. The first-order valence-corrected chi connectivity index (χ1v) is 10.7. The predicted octanol–water partition coefficient (Wildman–Crippen LogP) is 3.25. The van der Waals surface area contributed by atoms with Crippen LogP contribution in [0.1, 0.15) is 51.5 Å². The molecule has 5 nitrogen and oxygen atoms in total. The minimum atomic E-state index is 0. The van der Waals surface area contributed by atoms with Crippen molar-refractivity contribution in [2.75, 3.05) is 26.2 Å². The smallest absolute Gasteiger partial charge is 0.219 e. The number of rotatable bonds is 9. The van der Waals surface area contributed by atoms with Gasteiger partial charge in [0.05, 0.1) is 0 Å². The Kier molecular flexibility index (Phi) is 9.69. The third kappa shape index (κ3) is 7.34. The monoisotopic (exact) mass is 408 g/mol. The number of halogens is 1. The second kappa shape index (κ2) is 11.7. The average Bonchev–Trinajstić information content (AvgIpc) is 2.64. The van der Waals surface area contributed by atoms with Crippen molar-refractivity contribution >= 4 is 18.3 Å². The van der Waals surface area contributed by atoms with Gasteiger partial charge in [0.25, 0.3) is 0 Å². The minimum Gasteiger partial charge on any atom is -0.356 e. The van der Waals surface area contributed by atoms with E-state index in [0.29, 0.717) is 24.3 Å². The molecule has 3 rings (SSSR count). The number of pyridine rings is 1. The topological polar surface area (TPSA) is 57.3 Å². The van der Waals surface area contributed by atoms with Gasteiger partial charge >= 0.3 is 0 Å². The summed E-state index contributed by atoms with van der Waals surface area (Å²) in [6.07, 6.45) is 8.97. The van der Waals surface area contributed by atoms with Crippen molar-refractivity contribution < 1.29 is 4.79 Å². The molecule has 2 fully saturated rings. The molecule has 0 saturated carbocycles. The van der Waals surface area contributed by atoms with Crippen molar-refractivity contribution in [2.24, 2.45) is 17.8 Å². The molecular weight excluding hydrogens is 372 g/mol. The zero-order valence-corrected chi connectivity index (χ0v) is 18.2. The van der Waals surface area contributed by atoms with Gasteiger partial charge in [0.15, 0.2) is 0 Å². The molecule has 0 unspecified atom stereocenters. The molecule has 3 heterocycles. The fraction of sp³-hybridized carbons (Fsp3) is 0.727.